The van der Waals surface area contributed by atoms with E-state index in [0.29, 0.717) is 44.0 Å². The van der Waals surface area contributed by atoms with Gasteiger partial charge >= 0.3 is 0 Å². The fourth-order valence-electron chi connectivity index (χ4n) is 3.30. The number of nitrogens with zero attached hydrogens (tertiary/aromatic N) is 1. The van der Waals surface area contributed by atoms with E-state index in [2.05, 4.69) is 5.32 Å². The molecule has 1 N–H and O–H groups in total. The summed E-state index contributed by atoms with van der Waals surface area (Å²) in [5.41, 5.74) is 0.329. The molecular weight excluding hydrogens is 407 g/mol. The van der Waals surface area contributed by atoms with E-state index in [-0.39, 0.29) is 16.6 Å². The molecule has 1 heterocycles. The van der Waals surface area contributed by atoms with Crippen LogP contribution in [-0.4, -0.2) is 44.9 Å². The number of piperidine rings is 1. The number of carbonyl (C=O) groups is 1. The highest BCUT2D eigenvalue weighted by molar-refractivity contribution is 7.89. The number of halogens is 1. The molecule has 0 bridgehead atoms. The number of hydrogen-bond acceptors (Lipinski definition) is 4. The monoisotopic (exact) mass is 434 g/mol. The molecule has 0 spiro atoms. The maximum absolute atomic E-state index is 12.8. The van der Waals surface area contributed by atoms with Gasteiger partial charge in [-0.1, -0.05) is 12.5 Å². The Balaban J connectivity index is 1.45. The zero-order chi connectivity index (χ0) is 21.4. The predicted octanol–water partition coefficient (Wildman–Crippen LogP) is 3.59. The number of nitrogens with one attached hydrogen (secondary N) is 1. The summed E-state index contributed by atoms with van der Waals surface area (Å²) in [5, 5.41) is 2.81. The Bertz CT molecular complexity index is 942. The molecule has 2 aromatic rings. The van der Waals surface area contributed by atoms with Crippen LogP contribution < -0.4 is 10.1 Å². The minimum absolute atomic E-state index is 0.157. The highest BCUT2D eigenvalue weighted by atomic mass is 32.2. The van der Waals surface area contributed by atoms with Gasteiger partial charge in [0.25, 0.3) is 5.91 Å². The molecule has 162 valence electrons. The van der Waals surface area contributed by atoms with Crippen molar-refractivity contribution in [1.82, 2.24) is 9.62 Å². The molecule has 8 heteroatoms. The average molecular weight is 435 g/mol. The summed E-state index contributed by atoms with van der Waals surface area (Å²) < 4.78 is 45.4. The van der Waals surface area contributed by atoms with E-state index in [1.54, 1.807) is 24.3 Å². The van der Waals surface area contributed by atoms with Gasteiger partial charge in [0.15, 0.2) is 0 Å². The summed E-state index contributed by atoms with van der Waals surface area (Å²) in [6, 6.07) is 12.0. The third-order valence-electron chi connectivity index (χ3n) is 4.99. The first kappa shape index (κ1) is 22.2. The van der Waals surface area contributed by atoms with Gasteiger partial charge in [0.2, 0.25) is 10.0 Å². The molecule has 0 atom stereocenters. The van der Waals surface area contributed by atoms with Gasteiger partial charge in [-0.05, 0) is 68.1 Å². The van der Waals surface area contributed by atoms with Crippen molar-refractivity contribution in [2.75, 3.05) is 26.2 Å². The summed E-state index contributed by atoms with van der Waals surface area (Å²) in [4.78, 5) is 12.6. The molecule has 6 nitrogen and oxygen atoms in total. The van der Waals surface area contributed by atoms with Gasteiger partial charge in [0.1, 0.15) is 11.6 Å². The van der Waals surface area contributed by atoms with E-state index in [1.165, 1.54) is 28.6 Å². The van der Waals surface area contributed by atoms with E-state index in [9.17, 15) is 17.6 Å². The molecule has 0 unspecified atom stereocenters. The van der Waals surface area contributed by atoms with E-state index in [0.717, 1.165) is 25.7 Å². The van der Waals surface area contributed by atoms with Crippen molar-refractivity contribution in [2.45, 2.75) is 37.0 Å². The zero-order valence-electron chi connectivity index (χ0n) is 16.8. The maximum atomic E-state index is 12.8. The lowest BCUT2D eigenvalue weighted by atomic mass is 10.2. The van der Waals surface area contributed by atoms with E-state index >= 15 is 0 Å². The third kappa shape index (κ3) is 6.03. The van der Waals surface area contributed by atoms with Crippen molar-refractivity contribution in [3.8, 4) is 5.75 Å². The molecule has 0 radical (unpaired) electrons. The number of carbonyl (C=O) groups excluding carboxylic acids is 1. The average Bonchev–Trinajstić information content (AvgIpc) is 2.78. The molecule has 0 saturated carbocycles. The van der Waals surface area contributed by atoms with Gasteiger partial charge in [0.05, 0.1) is 11.5 Å². The lowest BCUT2D eigenvalue weighted by molar-refractivity contribution is 0.0952. The Morgan fingerprint density at radius 1 is 1.03 bits per heavy atom. The summed E-state index contributed by atoms with van der Waals surface area (Å²) in [6.45, 7) is 1.97. The normalized spacial score (nSPS) is 15.0. The van der Waals surface area contributed by atoms with Crippen LogP contribution in [0.25, 0.3) is 0 Å². The fraction of sp³-hybridized carbons (Fsp3) is 0.409. The van der Waals surface area contributed by atoms with Gasteiger partial charge in [-0.2, -0.15) is 4.31 Å². The van der Waals surface area contributed by atoms with Gasteiger partial charge in [0, 0.05) is 25.2 Å². The molecule has 0 aliphatic carbocycles. The van der Waals surface area contributed by atoms with Crippen LogP contribution >= 0.6 is 0 Å². The summed E-state index contributed by atoms with van der Waals surface area (Å²) >= 11 is 0. The van der Waals surface area contributed by atoms with E-state index < -0.39 is 10.0 Å². The molecule has 3 rings (SSSR count). The molecular formula is C22H27FN2O4S. The molecule has 1 amide bonds. The molecule has 1 fully saturated rings. The summed E-state index contributed by atoms with van der Waals surface area (Å²) in [5.74, 6) is -0.00447. The number of amides is 1. The number of sulfonamides is 1. The van der Waals surface area contributed by atoms with Crippen molar-refractivity contribution in [1.29, 1.82) is 0 Å². The molecule has 2 aromatic carbocycles. The quantitative estimate of drug-likeness (QED) is 0.612. The number of unbranched alkanes of at least 4 members (excludes halogenated alkanes) is 1. The first-order valence-corrected chi connectivity index (χ1v) is 11.7. The van der Waals surface area contributed by atoms with Crippen LogP contribution in [0.3, 0.4) is 0 Å². The minimum atomic E-state index is -3.57. The molecule has 1 saturated heterocycles. The first-order valence-electron chi connectivity index (χ1n) is 10.2. The topological polar surface area (TPSA) is 75.7 Å². The van der Waals surface area contributed by atoms with Crippen molar-refractivity contribution in [3.63, 3.8) is 0 Å². The Hall–Kier alpha value is -2.45. The van der Waals surface area contributed by atoms with E-state index in [1.807, 2.05) is 0 Å². The number of benzene rings is 2. The Morgan fingerprint density at radius 2 is 1.77 bits per heavy atom. The standard InChI is InChI=1S/C22H27FN2O4S/c23-19-9-11-20(12-10-19)29-16-5-2-13-24-22(26)18-7-6-8-21(17-18)30(27,28)25-14-3-1-4-15-25/h6-12,17H,1-5,13-16H2,(H,24,26). The van der Waals surface area contributed by atoms with Crippen LogP contribution in [0.15, 0.2) is 53.4 Å². The predicted molar refractivity (Wildman–Crippen MR) is 113 cm³/mol. The summed E-state index contributed by atoms with van der Waals surface area (Å²) in [7, 11) is -3.57. The van der Waals surface area contributed by atoms with Crippen LogP contribution in [0.5, 0.6) is 5.75 Å². The zero-order valence-corrected chi connectivity index (χ0v) is 17.7. The van der Waals surface area contributed by atoms with Crippen molar-refractivity contribution in [3.05, 3.63) is 59.9 Å². The molecule has 30 heavy (non-hydrogen) atoms. The van der Waals surface area contributed by atoms with Crippen LogP contribution in [0.2, 0.25) is 0 Å². The minimum Gasteiger partial charge on any atom is -0.494 e. The largest absolute Gasteiger partial charge is 0.494 e. The lowest BCUT2D eigenvalue weighted by Gasteiger charge is -2.26. The van der Waals surface area contributed by atoms with Gasteiger partial charge < -0.3 is 10.1 Å². The lowest BCUT2D eigenvalue weighted by Crippen LogP contribution is -2.35. The van der Waals surface area contributed by atoms with Gasteiger partial charge in [-0.25, -0.2) is 12.8 Å². The van der Waals surface area contributed by atoms with Gasteiger partial charge in [-0.15, -0.1) is 0 Å². The molecule has 0 aromatic heterocycles. The van der Waals surface area contributed by atoms with Crippen molar-refractivity contribution >= 4 is 15.9 Å². The molecule has 1 aliphatic heterocycles. The molecule has 1 aliphatic rings. The second kappa shape index (κ2) is 10.5. The highest BCUT2D eigenvalue weighted by Gasteiger charge is 2.26. The Kier molecular flexibility index (Phi) is 7.81. The van der Waals surface area contributed by atoms with Crippen molar-refractivity contribution in [2.24, 2.45) is 0 Å². The van der Waals surface area contributed by atoms with E-state index in [4.69, 9.17) is 4.74 Å². The van der Waals surface area contributed by atoms with Crippen LogP contribution in [0.1, 0.15) is 42.5 Å². The first-order chi connectivity index (χ1) is 14.5. The summed E-state index contributed by atoms with van der Waals surface area (Å²) in [6.07, 6.45) is 4.21. The fourth-order valence-corrected chi connectivity index (χ4v) is 4.87. The second-order valence-electron chi connectivity index (χ2n) is 7.26. The van der Waals surface area contributed by atoms with Crippen LogP contribution in [0.4, 0.5) is 4.39 Å². The Labute approximate surface area is 177 Å². The second-order valence-corrected chi connectivity index (χ2v) is 9.20. The number of rotatable bonds is 9. The Morgan fingerprint density at radius 3 is 2.50 bits per heavy atom. The van der Waals surface area contributed by atoms with Crippen LogP contribution in [0, 0.1) is 5.82 Å². The highest BCUT2D eigenvalue weighted by Crippen LogP contribution is 2.21. The van der Waals surface area contributed by atoms with Crippen molar-refractivity contribution < 1.29 is 22.3 Å². The number of ether oxygens (including phenoxy) is 1. The van der Waals surface area contributed by atoms with Gasteiger partial charge in [-0.3, -0.25) is 4.79 Å². The SMILES string of the molecule is O=C(NCCCCOc1ccc(F)cc1)c1cccc(S(=O)(=O)N2CCCCC2)c1. The smallest absolute Gasteiger partial charge is 0.251 e. The third-order valence-corrected chi connectivity index (χ3v) is 6.88. The maximum Gasteiger partial charge on any atom is 0.251 e. The number of hydrogen-bond donors (Lipinski definition) is 1. The van der Waals surface area contributed by atoms with Crippen LogP contribution in [-0.2, 0) is 10.0 Å².